The molecule has 11 nitrogen and oxygen atoms in total. The van der Waals surface area contributed by atoms with E-state index in [0.29, 0.717) is 41.1 Å². The van der Waals surface area contributed by atoms with Crippen LogP contribution in [0.4, 0.5) is 21.9 Å². The van der Waals surface area contributed by atoms with Gasteiger partial charge in [-0.15, -0.1) is 0 Å². The Hall–Kier alpha value is -4.29. The van der Waals surface area contributed by atoms with Crippen LogP contribution in [0, 0.1) is 0 Å². The fourth-order valence-electron chi connectivity index (χ4n) is 6.04. The summed E-state index contributed by atoms with van der Waals surface area (Å²) in [6.45, 7) is 4.46. The minimum absolute atomic E-state index is 0.0363. The Bertz CT molecular complexity index is 1680. The zero-order valence-corrected chi connectivity index (χ0v) is 26.4. The number of hydrogen-bond acceptors (Lipinski definition) is 8. The molecule has 3 aliphatic heterocycles. The molecule has 3 amide bonds. The zero-order chi connectivity index (χ0) is 31.7. The summed E-state index contributed by atoms with van der Waals surface area (Å²) in [6, 6.07) is 20.5. The van der Waals surface area contributed by atoms with E-state index in [0.717, 1.165) is 43.3 Å². The van der Waals surface area contributed by atoms with Gasteiger partial charge < -0.3 is 33.9 Å². The molecule has 46 heavy (non-hydrogen) atoms. The summed E-state index contributed by atoms with van der Waals surface area (Å²) in [7, 11) is 0. The van der Waals surface area contributed by atoms with Crippen LogP contribution < -0.4 is 24.8 Å². The molecule has 0 unspecified atom stereocenters. The second-order valence-electron chi connectivity index (χ2n) is 11.3. The molecule has 238 valence electrons. The summed E-state index contributed by atoms with van der Waals surface area (Å²) in [4.78, 5) is 33.9. The SMILES string of the molecule is O=C1CNC(=O)N1c1ccc(N2CCN(c3ccc(OC[C@@H]4CO[C@@](Cn5ccnc5)(c5ccc(Cl)cc5Cl)O4)cc3)CC2)cc1. The van der Waals surface area contributed by atoms with Gasteiger partial charge in [0.05, 0.1) is 36.7 Å². The van der Waals surface area contributed by atoms with Crippen molar-refractivity contribution < 1.29 is 23.8 Å². The number of ether oxygens (including phenoxy) is 3. The molecule has 0 bridgehead atoms. The monoisotopic (exact) mass is 662 g/mol. The lowest BCUT2D eigenvalue weighted by Gasteiger charge is -2.37. The van der Waals surface area contributed by atoms with Gasteiger partial charge in [-0.1, -0.05) is 29.3 Å². The molecule has 4 heterocycles. The number of aromatic nitrogens is 2. The van der Waals surface area contributed by atoms with Crippen LogP contribution in [0.1, 0.15) is 5.56 Å². The predicted molar refractivity (Wildman–Crippen MR) is 175 cm³/mol. The third kappa shape index (κ3) is 6.23. The van der Waals surface area contributed by atoms with Gasteiger partial charge in [0, 0.05) is 60.5 Å². The molecule has 7 rings (SSSR count). The molecule has 3 saturated heterocycles. The fourth-order valence-corrected chi connectivity index (χ4v) is 6.59. The highest BCUT2D eigenvalue weighted by Crippen LogP contribution is 2.40. The van der Waals surface area contributed by atoms with E-state index in [2.05, 4.69) is 32.2 Å². The Morgan fingerprint density at radius 2 is 1.59 bits per heavy atom. The number of nitrogens with one attached hydrogen (secondary N) is 1. The maximum atomic E-state index is 12.0. The maximum absolute atomic E-state index is 12.0. The van der Waals surface area contributed by atoms with E-state index in [1.54, 1.807) is 24.7 Å². The van der Waals surface area contributed by atoms with Crippen molar-refractivity contribution in [3.8, 4) is 5.75 Å². The van der Waals surface area contributed by atoms with Crippen molar-refractivity contribution >= 4 is 52.2 Å². The van der Waals surface area contributed by atoms with Gasteiger partial charge in [0.25, 0.3) is 5.91 Å². The van der Waals surface area contributed by atoms with Crippen molar-refractivity contribution in [3.05, 3.63) is 101 Å². The quantitative estimate of drug-likeness (QED) is 0.252. The number of benzene rings is 3. The second kappa shape index (κ2) is 12.8. The lowest BCUT2D eigenvalue weighted by atomic mass is 10.1. The van der Waals surface area contributed by atoms with Gasteiger partial charge >= 0.3 is 6.03 Å². The molecule has 2 atom stereocenters. The summed E-state index contributed by atoms with van der Waals surface area (Å²) >= 11 is 12.7. The van der Waals surface area contributed by atoms with Gasteiger partial charge in [0.2, 0.25) is 5.79 Å². The van der Waals surface area contributed by atoms with Crippen molar-refractivity contribution in [1.29, 1.82) is 0 Å². The highest BCUT2D eigenvalue weighted by molar-refractivity contribution is 6.35. The van der Waals surface area contributed by atoms with Crippen molar-refractivity contribution in [2.45, 2.75) is 18.4 Å². The van der Waals surface area contributed by atoms with Gasteiger partial charge in [-0.2, -0.15) is 0 Å². The number of halogens is 2. The van der Waals surface area contributed by atoms with E-state index in [1.807, 2.05) is 53.2 Å². The highest BCUT2D eigenvalue weighted by Gasteiger charge is 2.45. The molecule has 4 aromatic rings. The maximum Gasteiger partial charge on any atom is 0.329 e. The highest BCUT2D eigenvalue weighted by atomic mass is 35.5. The summed E-state index contributed by atoms with van der Waals surface area (Å²) in [5.74, 6) is -0.604. The Morgan fingerprint density at radius 3 is 2.20 bits per heavy atom. The summed E-state index contributed by atoms with van der Waals surface area (Å²) in [5.41, 5.74) is 3.46. The van der Waals surface area contributed by atoms with Gasteiger partial charge in [0.15, 0.2) is 0 Å². The number of piperazine rings is 1. The number of carbonyl (C=O) groups excluding carboxylic acids is 2. The number of nitrogens with zero attached hydrogens (tertiary/aromatic N) is 5. The lowest BCUT2D eigenvalue weighted by Crippen LogP contribution is -2.46. The van der Waals surface area contributed by atoms with Crippen LogP contribution in [-0.2, 0) is 26.6 Å². The molecule has 0 spiro atoms. The summed E-state index contributed by atoms with van der Waals surface area (Å²) in [6.07, 6.45) is 4.95. The largest absolute Gasteiger partial charge is 0.491 e. The molecule has 1 N–H and O–H groups in total. The van der Waals surface area contributed by atoms with E-state index >= 15 is 0 Å². The summed E-state index contributed by atoms with van der Waals surface area (Å²) < 4.78 is 20.8. The molecule has 3 aromatic carbocycles. The first-order valence-corrected chi connectivity index (χ1v) is 15.8. The second-order valence-corrected chi connectivity index (χ2v) is 12.2. The molecule has 0 saturated carbocycles. The number of rotatable bonds is 9. The number of anilines is 3. The van der Waals surface area contributed by atoms with Gasteiger partial charge in [-0.3, -0.25) is 4.79 Å². The number of imidazole rings is 1. The molecule has 3 aliphatic rings. The van der Waals surface area contributed by atoms with E-state index in [1.165, 1.54) is 4.90 Å². The van der Waals surface area contributed by atoms with Gasteiger partial charge in [0.1, 0.15) is 18.5 Å². The molecule has 1 aromatic heterocycles. The number of amides is 3. The first-order chi connectivity index (χ1) is 22.4. The van der Waals surface area contributed by atoms with Crippen LogP contribution in [0.2, 0.25) is 10.0 Å². The summed E-state index contributed by atoms with van der Waals surface area (Å²) in [5, 5.41) is 3.55. The van der Waals surface area contributed by atoms with Crippen molar-refractivity contribution in [2.75, 3.05) is 60.6 Å². The van der Waals surface area contributed by atoms with Crippen LogP contribution in [0.25, 0.3) is 0 Å². The van der Waals surface area contributed by atoms with Crippen LogP contribution in [0.3, 0.4) is 0 Å². The van der Waals surface area contributed by atoms with Crippen LogP contribution in [0.5, 0.6) is 5.75 Å². The van der Waals surface area contributed by atoms with Crippen LogP contribution in [0.15, 0.2) is 85.5 Å². The predicted octanol–water partition coefficient (Wildman–Crippen LogP) is 4.92. The van der Waals surface area contributed by atoms with Crippen LogP contribution in [-0.4, -0.2) is 73.5 Å². The number of carbonyl (C=O) groups is 2. The van der Waals surface area contributed by atoms with Gasteiger partial charge in [-0.25, -0.2) is 14.7 Å². The first kappa shape index (κ1) is 30.4. The normalized spacial score (nSPS) is 21.6. The number of imide groups is 1. The Labute approximate surface area is 276 Å². The molecular formula is C33H32Cl2N6O5. The third-order valence-electron chi connectivity index (χ3n) is 8.38. The molecule has 3 fully saturated rings. The molecule has 13 heteroatoms. The Balaban J connectivity index is 0.928. The average molecular weight is 664 g/mol. The number of hydrogen-bond donors (Lipinski definition) is 1. The minimum atomic E-state index is -1.10. The average Bonchev–Trinajstić information content (AvgIpc) is 3.82. The van der Waals surface area contributed by atoms with Crippen molar-refractivity contribution in [3.63, 3.8) is 0 Å². The molecule has 0 aliphatic carbocycles. The standard InChI is InChI=1S/C33H32Cl2N6O5/c34-23-1-10-29(30(35)17-23)33(21-38-12-11-36-22-38)45-20-28(46-33)19-44-27-8-6-25(7-9-27)40-15-13-39(14-16-40)24-2-4-26(5-3-24)41-31(42)18-37-32(41)43/h1-12,17,22,28H,13-16,18-21H2,(H,37,43)/t28-,33-/m1/s1. The third-order valence-corrected chi connectivity index (χ3v) is 8.93. The van der Waals surface area contributed by atoms with E-state index in [4.69, 9.17) is 37.4 Å². The molecule has 0 radical (unpaired) electrons. The van der Waals surface area contributed by atoms with E-state index in [9.17, 15) is 9.59 Å². The lowest BCUT2D eigenvalue weighted by molar-refractivity contribution is -0.189. The van der Waals surface area contributed by atoms with Crippen molar-refractivity contribution in [1.82, 2.24) is 14.9 Å². The topological polar surface area (TPSA) is 101 Å². The smallest absolute Gasteiger partial charge is 0.329 e. The zero-order valence-electron chi connectivity index (χ0n) is 24.9. The fraction of sp³-hybridized carbons (Fsp3) is 0.303. The van der Waals surface area contributed by atoms with Crippen molar-refractivity contribution in [2.24, 2.45) is 0 Å². The van der Waals surface area contributed by atoms with E-state index < -0.39 is 5.79 Å². The number of urea groups is 1. The first-order valence-electron chi connectivity index (χ1n) is 15.0. The molecular weight excluding hydrogens is 631 g/mol. The minimum Gasteiger partial charge on any atom is -0.491 e. The Kier molecular flexibility index (Phi) is 8.48. The van der Waals surface area contributed by atoms with Crippen LogP contribution >= 0.6 is 23.2 Å². The Morgan fingerprint density at radius 1 is 0.913 bits per heavy atom. The van der Waals surface area contributed by atoms with E-state index in [-0.39, 0.29) is 24.6 Å². The van der Waals surface area contributed by atoms with Gasteiger partial charge in [-0.05, 0) is 60.7 Å².